The van der Waals surface area contributed by atoms with Gasteiger partial charge in [-0.2, -0.15) is 0 Å². The third-order valence-electron chi connectivity index (χ3n) is 3.10. The molecule has 1 heteroatoms. The van der Waals surface area contributed by atoms with E-state index in [0.717, 1.165) is 6.04 Å². The van der Waals surface area contributed by atoms with Crippen molar-refractivity contribution >= 4 is 0 Å². The molecule has 1 aliphatic rings. The molecule has 1 unspecified atom stereocenters. The van der Waals surface area contributed by atoms with Crippen molar-refractivity contribution < 1.29 is 0 Å². The van der Waals surface area contributed by atoms with Crippen LogP contribution < -0.4 is 0 Å². The Morgan fingerprint density at radius 3 is 2.79 bits per heavy atom. The zero-order valence-corrected chi connectivity index (χ0v) is 8.82. The Labute approximate surface area is 86.7 Å². The highest BCUT2D eigenvalue weighted by molar-refractivity contribution is 5.22. The van der Waals surface area contributed by atoms with Crippen LogP contribution in [0.1, 0.15) is 24.8 Å². The Balaban J connectivity index is 1.82. The maximum Gasteiger partial charge on any atom is 0.00987 e. The number of likely N-dealkylation sites (tertiary alicyclic amines) is 1. The fourth-order valence-corrected chi connectivity index (χ4v) is 2.14. The van der Waals surface area contributed by atoms with Gasteiger partial charge in [0.2, 0.25) is 0 Å². The van der Waals surface area contributed by atoms with Crippen molar-refractivity contribution in [3.63, 3.8) is 0 Å². The SMILES string of the molecule is CN1CCCC1C[CH]c1ccccc1. The third kappa shape index (κ3) is 2.36. The fourth-order valence-electron chi connectivity index (χ4n) is 2.14. The molecule has 1 atom stereocenters. The van der Waals surface area contributed by atoms with E-state index < -0.39 is 0 Å². The first-order chi connectivity index (χ1) is 6.86. The minimum Gasteiger partial charge on any atom is -0.303 e. The molecule has 0 bridgehead atoms. The van der Waals surface area contributed by atoms with Gasteiger partial charge in [0.1, 0.15) is 0 Å². The van der Waals surface area contributed by atoms with E-state index in [1.165, 1.54) is 31.4 Å². The summed E-state index contributed by atoms with van der Waals surface area (Å²) in [4.78, 5) is 2.47. The second-order valence-electron chi connectivity index (χ2n) is 4.13. The summed E-state index contributed by atoms with van der Waals surface area (Å²) in [5.41, 5.74) is 1.35. The van der Waals surface area contributed by atoms with E-state index in [0.29, 0.717) is 0 Å². The Bertz CT molecular complexity index is 268. The van der Waals surface area contributed by atoms with E-state index in [4.69, 9.17) is 0 Å². The summed E-state index contributed by atoms with van der Waals surface area (Å²) in [6, 6.07) is 11.4. The highest BCUT2D eigenvalue weighted by atomic mass is 15.1. The molecule has 14 heavy (non-hydrogen) atoms. The first-order valence-corrected chi connectivity index (χ1v) is 5.45. The number of nitrogens with zero attached hydrogens (tertiary/aromatic N) is 1. The van der Waals surface area contributed by atoms with E-state index >= 15 is 0 Å². The molecule has 0 saturated carbocycles. The summed E-state index contributed by atoms with van der Waals surface area (Å²) in [6.45, 7) is 1.27. The maximum absolute atomic E-state index is 2.47. The Morgan fingerprint density at radius 1 is 1.36 bits per heavy atom. The van der Waals surface area contributed by atoms with Crippen LogP contribution in [-0.2, 0) is 0 Å². The van der Waals surface area contributed by atoms with E-state index in [9.17, 15) is 0 Å². The summed E-state index contributed by atoms with van der Waals surface area (Å²) in [5.74, 6) is 0. The fraction of sp³-hybridized carbons (Fsp3) is 0.462. The Kier molecular flexibility index (Phi) is 3.20. The molecule has 2 rings (SSSR count). The molecular weight excluding hydrogens is 170 g/mol. The zero-order valence-electron chi connectivity index (χ0n) is 8.82. The monoisotopic (exact) mass is 188 g/mol. The third-order valence-corrected chi connectivity index (χ3v) is 3.10. The van der Waals surface area contributed by atoms with Gasteiger partial charge in [-0.1, -0.05) is 30.3 Å². The molecule has 1 nitrogen and oxygen atoms in total. The van der Waals surface area contributed by atoms with Gasteiger partial charge < -0.3 is 4.90 Å². The molecule has 1 aliphatic heterocycles. The molecule has 1 fully saturated rings. The van der Waals surface area contributed by atoms with E-state index in [2.05, 4.69) is 48.7 Å². The van der Waals surface area contributed by atoms with E-state index in [-0.39, 0.29) is 0 Å². The van der Waals surface area contributed by atoms with Gasteiger partial charge in [-0.3, -0.25) is 0 Å². The summed E-state index contributed by atoms with van der Waals surface area (Å²) < 4.78 is 0. The van der Waals surface area contributed by atoms with Crippen LogP contribution in [0.5, 0.6) is 0 Å². The standard InChI is InChI=1S/C13H18N/c1-14-11-5-8-13(14)10-9-12-6-3-2-4-7-12/h2-4,6-7,9,13H,5,8,10-11H2,1H3. The van der Waals surface area contributed by atoms with Crippen LogP contribution in [-0.4, -0.2) is 24.5 Å². The predicted molar refractivity (Wildman–Crippen MR) is 60.1 cm³/mol. The number of benzene rings is 1. The van der Waals surface area contributed by atoms with Crippen LogP contribution in [0.4, 0.5) is 0 Å². The predicted octanol–water partition coefficient (Wildman–Crippen LogP) is 2.72. The lowest BCUT2D eigenvalue weighted by Crippen LogP contribution is -2.24. The maximum atomic E-state index is 2.47. The van der Waals surface area contributed by atoms with Crippen molar-refractivity contribution in [1.82, 2.24) is 4.90 Å². The van der Waals surface area contributed by atoms with Crippen LogP contribution in [0.3, 0.4) is 0 Å². The van der Waals surface area contributed by atoms with Crippen LogP contribution >= 0.6 is 0 Å². The molecule has 1 aromatic rings. The first-order valence-electron chi connectivity index (χ1n) is 5.45. The zero-order chi connectivity index (χ0) is 9.80. The van der Waals surface area contributed by atoms with Crippen LogP contribution in [0, 0.1) is 6.42 Å². The van der Waals surface area contributed by atoms with Crippen LogP contribution in [0.25, 0.3) is 0 Å². The van der Waals surface area contributed by atoms with Crippen molar-refractivity contribution in [3.05, 3.63) is 42.3 Å². The number of rotatable bonds is 3. The molecule has 1 aromatic carbocycles. The van der Waals surface area contributed by atoms with Crippen LogP contribution in [0.2, 0.25) is 0 Å². The van der Waals surface area contributed by atoms with Gasteiger partial charge in [0.15, 0.2) is 0 Å². The van der Waals surface area contributed by atoms with Crippen molar-refractivity contribution in [3.8, 4) is 0 Å². The summed E-state index contributed by atoms with van der Waals surface area (Å²) in [6.07, 6.45) is 6.27. The molecule has 1 saturated heterocycles. The lowest BCUT2D eigenvalue weighted by Gasteiger charge is -2.18. The summed E-state index contributed by atoms with van der Waals surface area (Å²) in [7, 11) is 2.23. The number of hydrogen-bond donors (Lipinski definition) is 0. The smallest absolute Gasteiger partial charge is 0.00987 e. The molecule has 0 spiro atoms. The average Bonchev–Trinajstić information content (AvgIpc) is 2.63. The summed E-state index contributed by atoms with van der Waals surface area (Å²) >= 11 is 0. The largest absolute Gasteiger partial charge is 0.303 e. The molecular formula is C13H18N. The van der Waals surface area contributed by atoms with Crippen molar-refractivity contribution in [2.75, 3.05) is 13.6 Å². The second kappa shape index (κ2) is 4.61. The quantitative estimate of drug-likeness (QED) is 0.705. The second-order valence-corrected chi connectivity index (χ2v) is 4.13. The molecule has 1 heterocycles. The van der Waals surface area contributed by atoms with Gasteiger partial charge in [-0.05, 0) is 44.8 Å². The lowest BCUT2D eigenvalue weighted by atomic mass is 10.0. The van der Waals surface area contributed by atoms with Crippen LogP contribution in [0.15, 0.2) is 30.3 Å². The molecule has 75 valence electrons. The van der Waals surface area contributed by atoms with Gasteiger partial charge >= 0.3 is 0 Å². The summed E-state index contributed by atoms with van der Waals surface area (Å²) in [5, 5.41) is 0. The molecule has 0 amide bonds. The highest BCUT2D eigenvalue weighted by Gasteiger charge is 2.19. The van der Waals surface area contributed by atoms with E-state index in [1.54, 1.807) is 0 Å². The van der Waals surface area contributed by atoms with Gasteiger partial charge in [0.05, 0.1) is 0 Å². The van der Waals surface area contributed by atoms with Gasteiger partial charge in [0.25, 0.3) is 0 Å². The highest BCUT2D eigenvalue weighted by Crippen LogP contribution is 2.20. The topological polar surface area (TPSA) is 3.24 Å². The number of hydrogen-bond acceptors (Lipinski definition) is 1. The molecule has 1 radical (unpaired) electrons. The molecule has 0 aromatic heterocycles. The van der Waals surface area contributed by atoms with Crippen molar-refractivity contribution in [2.45, 2.75) is 25.3 Å². The lowest BCUT2D eigenvalue weighted by molar-refractivity contribution is 0.309. The minimum absolute atomic E-state index is 0.773. The molecule has 0 aliphatic carbocycles. The van der Waals surface area contributed by atoms with Gasteiger partial charge in [0, 0.05) is 6.04 Å². The van der Waals surface area contributed by atoms with Crippen molar-refractivity contribution in [1.29, 1.82) is 0 Å². The molecule has 0 N–H and O–H groups in total. The average molecular weight is 188 g/mol. The first kappa shape index (κ1) is 9.72. The minimum atomic E-state index is 0.773. The van der Waals surface area contributed by atoms with Gasteiger partial charge in [-0.15, -0.1) is 0 Å². The van der Waals surface area contributed by atoms with Gasteiger partial charge in [-0.25, -0.2) is 0 Å². The normalized spacial score (nSPS) is 22.8. The Hall–Kier alpha value is -0.820. The van der Waals surface area contributed by atoms with Crippen molar-refractivity contribution in [2.24, 2.45) is 0 Å². The Morgan fingerprint density at radius 2 is 2.14 bits per heavy atom. The van der Waals surface area contributed by atoms with E-state index in [1.807, 2.05) is 0 Å².